The molecule has 0 amide bonds. The third-order valence-electron chi connectivity index (χ3n) is 4.53. The molecule has 2 heterocycles. The van der Waals surface area contributed by atoms with Crippen LogP contribution in [0.15, 0.2) is 50.6 Å². The summed E-state index contributed by atoms with van der Waals surface area (Å²) in [6.45, 7) is 3.63. The van der Waals surface area contributed by atoms with Crippen LogP contribution in [-0.4, -0.2) is 29.6 Å². The SMILES string of the molecule is Cc1cnc(Nc2ccc(F)c(S(C)(=O)=O)c2)nc1Nc1cc(C)c2oc(=O)[nH]c2c1. The van der Waals surface area contributed by atoms with Crippen molar-refractivity contribution in [2.75, 3.05) is 16.9 Å². The van der Waals surface area contributed by atoms with Gasteiger partial charge in [-0.3, -0.25) is 4.98 Å². The van der Waals surface area contributed by atoms with E-state index in [2.05, 4.69) is 25.6 Å². The van der Waals surface area contributed by atoms with Crippen molar-refractivity contribution in [2.24, 2.45) is 0 Å². The largest absolute Gasteiger partial charge is 0.417 e. The average Bonchev–Trinajstić information content (AvgIpc) is 3.06. The fourth-order valence-electron chi connectivity index (χ4n) is 3.06. The molecule has 31 heavy (non-hydrogen) atoms. The van der Waals surface area contributed by atoms with E-state index in [1.54, 1.807) is 12.3 Å². The summed E-state index contributed by atoms with van der Waals surface area (Å²) < 4.78 is 42.4. The Bertz CT molecular complexity index is 1480. The topological polar surface area (TPSA) is 130 Å². The molecule has 0 radical (unpaired) electrons. The highest BCUT2D eigenvalue weighted by Gasteiger charge is 2.15. The number of hydrogen-bond donors (Lipinski definition) is 3. The summed E-state index contributed by atoms with van der Waals surface area (Å²) in [5, 5.41) is 6.06. The smallest absolute Gasteiger partial charge is 0.408 e. The van der Waals surface area contributed by atoms with Crippen molar-refractivity contribution >= 4 is 44.1 Å². The molecule has 160 valence electrons. The number of anilines is 4. The first kappa shape index (κ1) is 20.5. The third kappa shape index (κ3) is 4.26. The molecule has 0 unspecified atom stereocenters. The summed E-state index contributed by atoms with van der Waals surface area (Å²) in [5.41, 5.74) is 3.55. The van der Waals surface area contributed by atoms with Gasteiger partial charge in [-0.2, -0.15) is 4.98 Å². The van der Waals surface area contributed by atoms with E-state index in [9.17, 15) is 17.6 Å². The maximum absolute atomic E-state index is 13.8. The van der Waals surface area contributed by atoms with Crippen molar-refractivity contribution < 1.29 is 17.2 Å². The number of halogens is 1. The fourth-order valence-corrected chi connectivity index (χ4v) is 3.83. The molecule has 0 aliphatic carbocycles. The lowest BCUT2D eigenvalue weighted by atomic mass is 10.2. The number of rotatable bonds is 5. The van der Waals surface area contributed by atoms with E-state index in [0.29, 0.717) is 28.3 Å². The second-order valence-corrected chi connectivity index (χ2v) is 9.06. The van der Waals surface area contributed by atoms with Crippen molar-refractivity contribution in [1.29, 1.82) is 0 Å². The molecule has 0 saturated carbocycles. The number of aromatic amines is 1. The average molecular weight is 443 g/mol. The molecule has 0 saturated heterocycles. The first-order valence-corrected chi connectivity index (χ1v) is 11.0. The normalized spacial score (nSPS) is 11.6. The summed E-state index contributed by atoms with van der Waals surface area (Å²) in [5.74, 6) is -0.683. The molecule has 11 heteroatoms. The molecule has 0 aliphatic rings. The van der Waals surface area contributed by atoms with Crippen LogP contribution < -0.4 is 16.4 Å². The van der Waals surface area contributed by atoms with Gasteiger partial charge in [-0.05, 0) is 49.7 Å². The van der Waals surface area contributed by atoms with E-state index in [1.807, 2.05) is 19.9 Å². The number of hydrogen-bond acceptors (Lipinski definition) is 8. The van der Waals surface area contributed by atoms with Gasteiger partial charge in [-0.15, -0.1) is 0 Å². The Balaban J connectivity index is 1.65. The first-order valence-electron chi connectivity index (χ1n) is 9.11. The molecule has 9 nitrogen and oxygen atoms in total. The number of H-pyrrole nitrogens is 1. The summed E-state index contributed by atoms with van der Waals surface area (Å²) in [7, 11) is -3.73. The van der Waals surface area contributed by atoms with Crippen LogP contribution >= 0.6 is 0 Å². The zero-order valence-corrected chi connectivity index (χ0v) is 17.6. The van der Waals surface area contributed by atoms with Gasteiger partial charge < -0.3 is 15.1 Å². The number of aryl methyl sites for hydroxylation is 2. The van der Waals surface area contributed by atoms with E-state index >= 15 is 0 Å². The van der Waals surface area contributed by atoms with Crippen LogP contribution in [0.3, 0.4) is 0 Å². The lowest BCUT2D eigenvalue weighted by Crippen LogP contribution is -2.05. The molecule has 2 aromatic heterocycles. The van der Waals surface area contributed by atoms with Crippen LogP contribution in [0.5, 0.6) is 0 Å². The Morgan fingerprint density at radius 2 is 1.84 bits per heavy atom. The summed E-state index contributed by atoms with van der Waals surface area (Å²) in [6, 6.07) is 7.18. The maximum Gasteiger partial charge on any atom is 0.417 e. The van der Waals surface area contributed by atoms with Crippen LogP contribution in [-0.2, 0) is 9.84 Å². The zero-order chi connectivity index (χ0) is 22.3. The Morgan fingerprint density at radius 3 is 2.58 bits per heavy atom. The molecule has 2 aromatic carbocycles. The standard InChI is InChI=1S/C20H18FN5O4S/c1-10-6-13(7-15-17(10)30-20(27)25-15)23-18-11(2)9-22-19(26-18)24-12-4-5-14(21)16(8-12)31(3,28)29/h4-9H,1-3H3,(H,25,27)(H2,22,23,24,26). The van der Waals surface area contributed by atoms with E-state index in [4.69, 9.17) is 4.42 Å². The highest BCUT2D eigenvalue weighted by Crippen LogP contribution is 2.26. The molecule has 4 aromatic rings. The molecule has 0 bridgehead atoms. The van der Waals surface area contributed by atoms with Gasteiger partial charge in [0.2, 0.25) is 5.95 Å². The van der Waals surface area contributed by atoms with Crippen molar-refractivity contribution in [3.05, 3.63) is 64.0 Å². The molecular formula is C20H18FN5O4S. The Kier molecular flexibility index (Phi) is 4.97. The molecule has 0 fully saturated rings. The number of fused-ring (bicyclic) bond motifs is 1. The van der Waals surface area contributed by atoms with Gasteiger partial charge in [-0.25, -0.2) is 22.6 Å². The van der Waals surface area contributed by atoms with Crippen LogP contribution in [0, 0.1) is 19.7 Å². The second kappa shape index (κ2) is 7.51. The number of nitrogens with zero attached hydrogens (tertiary/aromatic N) is 2. The highest BCUT2D eigenvalue weighted by molar-refractivity contribution is 7.90. The van der Waals surface area contributed by atoms with Gasteiger partial charge in [0, 0.05) is 29.4 Å². The first-order chi connectivity index (χ1) is 14.6. The van der Waals surface area contributed by atoms with Crippen molar-refractivity contribution in [1.82, 2.24) is 15.0 Å². The highest BCUT2D eigenvalue weighted by atomic mass is 32.2. The predicted octanol–water partition coefficient (Wildman–Crippen LogP) is 3.56. The van der Waals surface area contributed by atoms with Crippen LogP contribution in [0.25, 0.3) is 11.1 Å². The monoisotopic (exact) mass is 443 g/mol. The molecule has 0 atom stereocenters. The molecule has 4 rings (SSSR count). The van der Waals surface area contributed by atoms with Crippen LogP contribution in [0.4, 0.5) is 27.5 Å². The quantitative estimate of drug-likeness (QED) is 0.427. The van der Waals surface area contributed by atoms with Gasteiger partial charge in [0.05, 0.1) is 5.52 Å². The number of aromatic nitrogens is 3. The van der Waals surface area contributed by atoms with Gasteiger partial charge in [0.1, 0.15) is 16.5 Å². The minimum Gasteiger partial charge on any atom is -0.408 e. The van der Waals surface area contributed by atoms with E-state index in [-0.39, 0.29) is 5.95 Å². The second-order valence-electron chi connectivity index (χ2n) is 7.08. The predicted molar refractivity (Wildman–Crippen MR) is 114 cm³/mol. The number of nitrogens with one attached hydrogen (secondary N) is 3. The van der Waals surface area contributed by atoms with Crippen molar-refractivity contribution in [3.8, 4) is 0 Å². The number of oxazole rings is 1. The molecule has 3 N–H and O–H groups in total. The third-order valence-corrected chi connectivity index (χ3v) is 5.64. The molecule has 0 spiro atoms. The fraction of sp³-hybridized carbons (Fsp3) is 0.150. The maximum atomic E-state index is 13.8. The van der Waals surface area contributed by atoms with Gasteiger partial charge in [0.15, 0.2) is 15.4 Å². The van der Waals surface area contributed by atoms with Gasteiger partial charge in [-0.1, -0.05) is 0 Å². The Labute approximate surface area is 176 Å². The number of benzene rings is 2. The Morgan fingerprint density at radius 1 is 1.06 bits per heavy atom. The summed E-state index contributed by atoms with van der Waals surface area (Å²) in [6.07, 6.45) is 2.52. The van der Waals surface area contributed by atoms with Crippen LogP contribution in [0.2, 0.25) is 0 Å². The minimum atomic E-state index is -3.73. The summed E-state index contributed by atoms with van der Waals surface area (Å²) in [4.78, 5) is 22.3. The lowest BCUT2D eigenvalue weighted by Gasteiger charge is -2.12. The zero-order valence-electron chi connectivity index (χ0n) is 16.8. The van der Waals surface area contributed by atoms with E-state index in [0.717, 1.165) is 23.4 Å². The van der Waals surface area contributed by atoms with Gasteiger partial charge >= 0.3 is 5.76 Å². The van der Waals surface area contributed by atoms with E-state index in [1.165, 1.54) is 12.1 Å². The Hall–Kier alpha value is -3.73. The van der Waals surface area contributed by atoms with Gasteiger partial charge in [0.25, 0.3) is 0 Å². The van der Waals surface area contributed by atoms with Crippen molar-refractivity contribution in [3.63, 3.8) is 0 Å². The van der Waals surface area contributed by atoms with Crippen LogP contribution in [0.1, 0.15) is 11.1 Å². The molecule has 0 aliphatic heterocycles. The lowest BCUT2D eigenvalue weighted by molar-refractivity contribution is 0.553. The minimum absolute atomic E-state index is 0.189. The number of sulfone groups is 1. The van der Waals surface area contributed by atoms with Crippen molar-refractivity contribution in [2.45, 2.75) is 18.7 Å². The van der Waals surface area contributed by atoms with E-state index < -0.39 is 26.3 Å². The molecular weight excluding hydrogens is 425 g/mol. The summed E-state index contributed by atoms with van der Waals surface area (Å²) >= 11 is 0.